The number of aromatic nitrogens is 2. The molecule has 34 heavy (non-hydrogen) atoms. The average Bonchev–Trinajstić information content (AvgIpc) is 3.33. The Bertz CT molecular complexity index is 1230. The third-order valence-electron chi connectivity index (χ3n) is 5.89. The van der Waals surface area contributed by atoms with Crippen LogP contribution in [-0.4, -0.2) is 61.6 Å². The first-order valence-corrected chi connectivity index (χ1v) is 12.8. The van der Waals surface area contributed by atoms with E-state index in [4.69, 9.17) is 4.52 Å². The number of carbonyl (C=O) groups is 1. The monoisotopic (exact) mass is 483 g/mol. The van der Waals surface area contributed by atoms with Crippen LogP contribution in [0.2, 0.25) is 0 Å². The Kier molecular flexibility index (Phi) is 6.99. The lowest BCUT2D eigenvalue weighted by Crippen LogP contribution is -2.54. The Morgan fingerprint density at radius 2 is 1.71 bits per heavy atom. The maximum Gasteiger partial charge on any atom is 0.241 e. The van der Waals surface area contributed by atoms with E-state index in [-0.39, 0.29) is 10.8 Å². The molecule has 3 aromatic rings. The molecule has 1 atom stereocenters. The van der Waals surface area contributed by atoms with Crippen molar-refractivity contribution in [2.45, 2.75) is 38.1 Å². The number of sulfonamides is 1. The van der Waals surface area contributed by atoms with Gasteiger partial charge in [-0.15, -0.1) is 0 Å². The number of rotatable bonds is 7. The van der Waals surface area contributed by atoms with Gasteiger partial charge in [-0.3, -0.25) is 4.79 Å². The predicted octanol–water partition coefficient (Wildman–Crippen LogP) is 2.62. The van der Waals surface area contributed by atoms with Crippen molar-refractivity contribution in [3.05, 3.63) is 60.0 Å². The van der Waals surface area contributed by atoms with Gasteiger partial charge in [0.25, 0.3) is 0 Å². The van der Waals surface area contributed by atoms with Gasteiger partial charge in [-0.2, -0.15) is 9.71 Å². The Morgan fingerprint density at radius 1 is 1.06 bits per heavy atom. The van der Waals surface area contributed by atoms with Gasteiger partial charge < -0.3 is 14.3 Å². The van der Waals surface area contributed by atoms with E-state index in [1.807, 2.05) is 38.1 Å². The van der Waals surface area contributed by atoms with E-state index < -0.39 is 16.1 Å². The van der Waals surface area contributed by atoms with Gasteiger partial charge in [0.2, 0.25) is 27.6 Å². The summed E-state index contributed by atoms with van der Waals surface area (Å²) in [5, 5.41) is 4.00. The summed E-state index contributed by atoms with van der Waals surface area (Å²) in [4.78, 5) is 21.3. The highest BCUT2D eigenvalue weighted by molar-refractivity contribution is 7.89. The minimum Gasteiger partial charge on any atom is -0.368 e. The van der Waals surface area contributed by atoms with Crippen molar-refractivity contribution in [3.8, 4) is 11.4 Å². The molecule has 0 spiro atoms. The number of nitrogens with one attached hydrogen (secondary N) is 1. The molecule has 0 bridgehead atoms. The summed E-state index contributed by atoms with van der Waals surface area (Å²) >= 11 is 0. The molecule has 10 heteroatoms. The van der Waals surface area contributed by atoms with Crippen molar-refractivity contribution in [3.63, 3.8) is 0 Å². The summed E-state index contributed by atoms with van der Waals surface area (Å²) in [5.74, 6) is 0.950. The predicted molar refractivity (Wildman–Crippen MR) is 129 cm³/mol. The molecule has 1 amide bonds. The van der Waals surface area contributed by atoms with Crippen LogP contribution in [0, 0.1) is 6.92 Å². The maximum absolute atomic E-state index is 12.9. The van der Waals surface area contributed by atoms with Gasteiger partial charge in [-0.1, -0.05) is 29.8 Å². The van der Waals surface area contributed by atoms with E-state index in [9.17, 15) is 13.2 Å². The van der Waals surface area contributed by atoms with Crippen molar-refractivity contribution in [2.24, 2.45) is 0 Å². The largest absolute Gasteiger partial charge is 0.368 e. The minimum absolute atomic E-state index is 0.151. The van der Waals surface area contributed by atoms with Crippen molar-refractivity contribution in [1.82, 2.24) is 19.8 Å². The van der Waals surface area contributed by atoms with Crippen LogP contribution in [0.1, 0.15) is 25.3 Å². The van der Waals surface area contributed by atoms with E-state index >= 15 is 0 Å². The molecule has 1 N–H and O–H groups in total. The Hall–Kier alpha value is -3.24. The SMILES string of the molecule is CCc1nc(-c2ccc(N3CCN(C(=O)C(C)NS(=O)(=O)c4ccc(C)cc4)CC3)cc2)no1. The van der Waals surface area contributed by atoms with Gasteiger partial charge in [0.1, 0.15) is 0 Å². The van der Waals surface area contributed by atoms with E-state index in [0.717, 1.165) is 16.8 Å². The number of benzene rings is 2. The number of anilines is 1. The summed E-state index contributed by atoms with van der Waals surface area (Å²) < 4.78 is 32.9. The fourth-order valence-electron chi connectivity index (χ4n) is 3.86. The van der Waals surface area contributed by atoms with Crippen LogP contribution in [0.3, 0.4) is 0 Å². The molecule has 1 unspecified atom stereocenters. The topological polar surface area (TPSA) is 109 Å². The molecule has 2 aromatic carbocycles. The quantitative estimate of drug-likeness (QED) is 0.550. The van der Waals surface area contributed by atoms with Crippen LogP contribution in [0.25, 0.3) is 11.4 Å². The molecule has 9 nitrogen and oxygen atoms in total. The molecule has 2 heterocycles. The Labute approximate surface area is 199 Å². The third-order valence-corrected chi connectivity index (χ3v) is 7.44. The second-order valence-corrected chi connectivity index (χ2v) is 10.1. The third kappa shape index (κ3) is 5.28. The molecular weight excluding hydrogens is 454 g/mol. The first-order valence-electron chi connectivity index (χ1n) is 11.3. The summed E-state index contributed by atoms with van der Waals surface area (Å²) in [6.07, 6.45) is 0.695. The van der Waals surface area contributed by atoms with Gasteiger partial charge in [-0.25, -0.2) is 8.42 Å². The molecule has 0 saturated carbocycles. The molecule has 1 aliphatic heterocycles. The normalized spacial score (nSPS) is 15.4. The lowest BCUT2D eigenvalue weighted by atomic mass is 10.1. The van der Waals surface area contributed by atoms with E-state index in [1.165, 1.54) is 0 Å². The van der Waals surface area contributed by atoms with Gasteiger partial charge in [0.05, 0.1) is 10.9 Å². The zero-order valence-electron chi connectivity index (χ0n) is 19.6. The first kappa shape index (κ1) is 23.9. The highest BCUT2D eigenvalue weighted by Crippen LogP contribution is 2.22. The number of hydrogen-bond acceptors (Lipinski definition) is 7. The smallest absolute Gasteiger partial charge is 0.241 e. The maximum atomic E-state index is 12.9. The first-order chi connectivity index (χ1) is 16.3. The summed E-state index contributed by atoms with van der Waals surface area (Å²) in [5.41, 5.74) is 2.90. The van der Waals surface area contributed by atoms with Crippen LogP contribution >= 0.6 is 0 Å². The minimum atomic E-state index is -3.77. The van der Waals surface area contributed by atoms with Crippen LogP contribution in [0.5, 0.6) is 0 Å². The molecule has 0 aliphatic carbocycles. The zero-order chi connectivity index (χ0) is 24.3. The Morgan fingerprint density at radius 3 is 2.29 bits per heavy atom. The lowest BCUT2D eigenvalue weighted by molar-refractivity contribution is -0.132. The van der Waals surface area contributed by atoms with Crippen LogP contribution in [0.15, 0.2) is 57.9 Å². The van der Waals surface area contributed by atoms with Crippen molar-refractivity contribution >= 4 is 21.6 Å². The zero-order valence-corrected chi connectivity index (χ0v) is 20.4. The van der Waals surface area contributed by atoms with E-state index in [0.29, 0.717) is 44.3 Å². The number of aryl methyl sites for hydroxylation is 2. The molecule has 4 rings (SSSR count). The number of hydrogen-bond donors (Lipinski definition) is 1. The fourth-order valence-corrected chi connectivity index (χ4v) is 5.06. The van der Waals surface area contributed by atoms with Crippen molar-refractivity contribution in [1.29, 1.82) is 0 Å². The molecular formula is C24H29N5O4S. The van der Waals surface area contributed by atoms with E-state index in [2.05, 4.69) is 19.8 Å². The molecule has 0 radical (unpaired) electrons. The highest BCUT2D eigenvalue weighted by atomic mass is 32.2. The van der Waals surface area contributed by atoms with Crippen LogP contribution in [-0.2, 0) is 21.2 Å². The lowest BCUT2D eigenvalue weighted by Gasteiger charge is -2.37. The standard InChI is InChI=1S/C24H29N5O4S/c1-4-22-25-23(26-33-22)19-7-9-20(10-8-19)28-13-15-29(16-14-28)24(30)18(3)27-34(31,32)21-11-5-17(2)6-12-21/h5-12,18,27H,4,13-16H2,1-3H3. The number of carbonyl (C=O) groups excluding carboxylic acids is 1. The summed E-state index contributed by atoms with van der Waals surface area (Å²) in [6, 6.07) is 13.6. The number of nitrogens with zero attached hydrogens (tertiary/aromatic N) is 4. The van der Waals surface area contributed by atoms with Gasteiger partial charge in [0.15, 0.2) is 0 Å². The molecule has 180 valence electrons. The second-order valence-electron chi connectivity index (χ2n) is 8.38. The van der Waals surface area contributed by atoms with E-state index in [1.54, 1.807) is 36.1 Å². The number of amides is 1. The van der Waals surface area contributed by atoms with Crippen molar-refractivity contribution < 1.29 is 17.7 Å². The number of piperazine rings is 1. The van der Waals surface area contributed by atoms with Crippen molar-refractivity contribution in [2.75, 3.05) is 31.1 Å². The highest BCUT2D eigenvalue weighted by Gasteiger charge is 2.28. The Balaban J connectivity index is 1.33. The summed E-state index contributed by atoms with van der Waals surface area (Å²) in [6.45, 7) is 7.78. The van der Waals surface area contributed by atoms with Gasteiger partial charge >= 0.3 is 0 Å². The van der Waals surface area contributed by atoms with Gasteiger partial charge in [-0.05, 0) is 50.2 Å². The molecule has 1 aliphatic rings. The fraction of sp³-hybridized carbons (Fsp3) is 0.375. The molecule has 1 saturated heterocycles. The van der Waals surface area contributed by atoms with Crippen LogP contribution in [0.4, 0.5) is 5.69 Å². The van der Waals surface area contributed by atoms with Crippen LogP contribution < -0.4 is 9.62 Å². The molecule has 1 aromatic heterocycles. The average molecular weight is 484 g/mol. The second kappa shape index (κ2) is 9.94. The van der Waals surface area contributed by atoms with Gasteiger partial charge in [0, 0.05) is 43.9 Å². The molecule has 1 fully saturated rings. The summed E-state index contributed by atoms with van der Waals surface area (Å²) in [7, 11) is -3.77.